The van der Waals surface area contributed by atoms with Crippen LogP contribution in [0.3, 0.4) is 0 Å². The normalized spacial score (nSPS) is 21.4. The number of fused-ring (bicyclic) bond motifs is 1. The van der Waals surface area contributed by atoms with Crippen LogP contribution in [-0.4, -0.2) is 61.4 Å². The summed E-state index contributed by atoms with van der Waals surface area (Å²) in [5.41, 5.74) is 0.825. The van der Waals surface area contributed by atoms with Crippen LogP contribution in [-0.2, 0) is 14.3 Å². The van der Waals surface area contributed by atoms with Gasteiger partial charge in [-0.3, -0.25) is 14.5 Å². The molecular weight excluding hydrogens is 314 g/mol. The molecule has 1 aromatic rings. The molecular formula is C16H21N3O3S. The Labute approximate surface area is 139 Å². The molecule has 0 aromatic heterocycles. The molecule has 0 aliphatic carbocycles. The van der Waals surface area contributed by atoms with Gasteiger partial charge in [0.15, 0.2) is 0 Å². The van der Waals surface area contributed by atoms with Crippen molar-refractivity contribution in [3.05, 3.63) is 24.3 Å². The first kappa shape index (κ1) is 16.3. The minimum atomic E-state index is -0.367. The molecule has 1 saturated heterocycles. The lowest BCUT2D eigenvalue weighted by Gasteiger charge is -2.27. The van der Waals surface area contributed by atoms with Crippen molar-refractivity contribution in [1.82, 2.24) is 10.2 Å². The Bertz CT molecular complexity index is 575. The van der Waals surface area contributed by atoms with Crippen molar-refractivity contribution < 1.29 is 14.3 Å². The second-order valence-corrected chi connectivity index (χ2v) is 6.84. The first-order valence-corrected chi connectivity index (χ1v) is 8.74. The quantitative estimate of drug-likeness (QED) is 0.838. The Morgan fingerprint density at radius 3 is 2.96 bits per heavy atom. The van der Waals surface area contributed by atoms with Gasteiger partial charge in [-0.25, -0.2) is 0 Å². The number of hydrogen-bond donors (Lipinski definition) is 2. The number of thioether (sulfide) groups is 1. The Kier molecular flexibility index (Phi) is 5.53. The van der Waals surface area contributed by atoms with E-state index in [1.165, 1.54) is 11.8 Å². The second-order valence-electron chi connectivity index (χ2n) is 5.60. The van der Waals surface area contributed by atoms with Crippen LogP contribution >= 0.6 is 11.8 Å². The number of rotatable bonds is 5. The van der Waals surface area contributed by atoms with Crippen molar-refractivity contribution >= 4 is 29.3 Å². The molecule has 1 unspecified atom stereocenters. The van der Waals surface area contributed by atoms with Gasteiger partial charge in [-0.05, 0) is 12.1 Å². The van der Waals surface area contributed by atoms with Crippen LogP contribution in [0.2, 0.25) is 0 Å². The minimum absolute atomic E-state index is 0.0784. The molecule has 7 heteroatoms. The van der Waals surface area contributed by atoms with Crippen LogP contribution in [0, 0.1) is 0 Å². The average molecular weight is 335 g/mol. The summed E-state index contributed by atoms with van der Waals surface area (Å²) >= 11 is 1.46. The molecule has 0 radical (unpaired) electrons. The first-order chi connectivity index (χ1) is 11.2. The van der Waals surface area contributed by atoms with E-state index in [1.54, 1.807) is 0 Å². The van der Waals surface area contributed by atoms with Gasteiger partial charge in [0.05, 0.1) is 24.2 Å². The number of anilines is 1. The highest BCUT2D eigenvalue weighted by Crippen LogP contribution is 2.36. The fraction of sp³-hybridized carbons (Fsp3) is 0.500. The standard InChI is InChI=1S/C16H21N3O3S/c20-15(17-5-6-19-7-9-22-10-8-19)11-14-16(21)18-12-3-1-2-4-13(12)23-14/h1-4,14H,5-11H2,(H,17,20)(H,18,21). The van der Waals surface area contributed by atoms with E-state index < -0.39 is 0 Å². The number of nitrogens with zero attached hydrogens (tertiary/aromatic N) is 1. The van der Waals surface area contributed by atoms with Gasteiger partial charge in [0.25, 0.3) is 0 Å². The number of carbonyl (C=O) groups excluding carboxylic acids is 2. The van der Waals surface area contributed by atoms with E-state index in [0.29, 0.717) is 6.54 Å². The van der Waals surface area contributed by atoms with E-state index in [2.05, 4.69) is 15.5 Å². The van der Waals surface area contributed by atoms with E-state index in [4.69, 9.17) is 4.74 Å². The zero-order chi connectivity index (χ0) is 16.1. The van der Waals surface area contributed by atoms with Gasteiger partial charge in [-0.15, -0.1) is 11.8 Å². The van der Waals surface area contributed by atoms with Crippen LogP contribution in [0.15, 0.2) is 29.2 Å². The number of nitrogens with one attached hydrogen (secondary N) is 2. The lowest BCUT2D eigenvalue weighted by molar-refractivity contribution is -0.124. The van der Waals surface area contributed by atoms with Gasteiger partial charge in [-0.2, -0.15) is 0 Å². The second kappa shape index (κ2) is 7.81. The van der Waals surface area contributed by atoms with E-state index in [0.717, 1.165) is 43.4 Å². The maximum absolute atomic E-state index is 12.1. The molecule has 23 heavy (non-hydrogen) atoms. The zero-order valence-electron chi connectivity index (χ0n) is 12.9. The maximum Gasteiger partial charge on any atom is 0.238 e. The van der Waals surface area contributed by atoms with Crippen LogP contribution in [0.5, 0.6) is 0 Å². The number of para-hydroxylation sites is 1. The van der Waals surface area contributed by atoms with Crippen LogP contribution < -0.4 is 10.6 Å². The van der Waals surface area contributed by atoms with Crippen LogP contribution in [0.1, 0.15) is 6.42 Å². The molecule has 2 amide bonds. The molecule has 2 N–H and O–H groups in total. The molecule has 2 aliphatic heterocycles. The maximum atomic E-state index is 12.1. The zero-order valence-corrected chi connectivity index (χ0v) is 13.7. The van der Waals surface area contributed by atoms with Crippen molar-refractivity contribution in [2.45, 2.75) is 16.6 Å². The molecule has 124 valence electrons. The molecule has 0 spiro atoms. The van der Waals surface area contributed by atoms with E-state index in [9.17, 15) is 9.59 Å². The van der Waals surface area contributed by atoms with E-state index in [-0.39, 0.29) is 23.5 Å². The minimum Gasteiger partial charge on any atom is -0.379 e. The van der Waals surface area contributed by atoms with Crippen molar-refractivity contribution in [3.8, 4) is 0 Å². The molecule has 0 saturated carbocycles. The largest absolute Gasteiger partial charge is 0.379 e. The molecule has 3 rings (SSSR count). The monoisotopic (exact) mass is 335 g/mol. The third-order valence-corrected chi connectivity index (χ3v) is 5.21. The summed E-state index contributed by atoms with van der Waals surface area (Å²) in [6.07, 6.45) is 0.202. The first-order valence-electron chi connectivity index (χ1n) is 7.86. The highest BCUT2D eigenvalue weighted by Gasteiger charge is 2.28. The van der Waals surface area contributed by atoms with E-state index >= 15 is 0 Å². The summed E-state index contributed by atoms with van der Waals surface area (Å²) in [5.74, 6) is -0.178. The summed E-state index contributed by atoms with van der Waals surface area (Å²) in [5, 5.41) is 5.40. The molecule has 1 aromatic carbocycles. The van der Waals surface area contributed by atoms with Crippen molar-refractivity contribution in [2.24, 2.45) is 0 Å². The van der Waals surface area contributed by atoms with Gasteiger partial charge < -0.3 is 15.4 Å². The number of hydrogen-bond acceptors (Lipinski definition) is 5. The molecule has 2 aliphatic rings. The average Bonchev–Trinajstić information content (AvgIpc) is 2.56. The third-order valence-electron chi connectivity index (χ3n) is 3.93. The fourth-order valence-electron chi connectivity index (χ4n) is 2.65. The van der Waals surface area contributed by atoms with Crippen molar-refractivity contribution in [3.63, 3.8) is 0 Å². The predicted octanol–water partition coefficient (Wildman–Crippen LogP) is 0.938. The Morgan fingerprint density at radius 1 is 1.35 bits per heavy atom. The van der Waals surface area contributed by atoms with Gasteiger partial charge in [0, 0.05) is 37.5 Å². The van der Waals surface area contributed by atoms with Gasteiger partial charge in [0.1, 0.15) is 0 Å². The lowest BCUT2D eigenvalue weighted by atomic mass is 10.2. The number of morpholine rings is 1. The van der Waals surface area contributed by atoms with Gasteiger partial charge in [0.2, 0.25) is 11.8 Å². The van der Waals surface area contributed by atoms with Gasteiger partial charge in [-0.1, -0.05) is 12.1 Å². The van der Waals surface area contributed by atoms with Crippen molar-refractivity contribution in [2.75, 3.05) is 44.7 Å². The van der Waals surface area contributed by atoms with Gasteiger partial charge >= 0.3 is 0 Å². The number of ether oxygens (including phenoxy) is 1. The Balaban J connectivity index is 1.43. The fourth-order valence-corrected chi connectivity index (χ4v) is 3.76. The smallest absolute Gasteiger partial charge is 0.238 e. The third kappa shape index (κ3) is 4.46. The summed E-state index contributed by atoms with van der Waals surface area (Å²) in [4.78, 5) is 27.4. The lowest BCUT2D eigenvalue weighted by Crippen LogP contribution is -2.42. The Morgan fingerprint density at radius 2 is 2.13 bits per heavy atom. The molecule has 1 atom stereocenters. The van der Waals surface area contributed by atoms with Crippen molar-refractivity contribution in [1.29, 1.82) is 0 Å². The van der Waals surface area contributed by atoms with E-state index in [1.807, 2.05) is 24.3 Å². The summed E-state index contributed by atoms with van der Waals surface area (Å²) < 4.78 is 5.29. The molecule has 6 nitrogen and oxygen atoms in total. The molecule has 0 bridgehead atoms. The number of carbonyl (C=O) groups is 2. The molecule has 2 heterocycles. The topological polar surface area (TPSA) is 70.7 Å². The highest BCUT2D eigenvalue weighted by molar-refractivity contribution is 8.01. The SMILES string of the molecule is O=C(CC1Sc2ccccc2NC1=O)NCCN1CCOCC1. The van der Waals surface area contributed by atoms with Crippen LogP contribution in [0.4, 0.5) is 5.69 Å². The molecule has 1 fully saturated rings. The number of amides is 2. The number of benzene rings is 1. The summed E-state index contributed by atoms with van der Waals surface area (Å²) in [7, 11) is 0. The summed E-state index contributed by atoms with van der Waals surface area (Å²) in [6, 6.07) is 7.66. The summed E-state index contributed by atoms with van der Waals surface area (Å²) in [6.45, 7) is 4.76. The predicted molar refractivity (Wildman–Crippen MR) is 89.6 cm³/mol. The highest BCUT2D eigenvalue weighted by atomic mass is 32.2. The Hall–Kier alpha value is -1.57. The van der Waals surface area contributed by atoms with Crippen LogP contribution in [0.25, 0.3) is 0 Å².